The first-order valence-electron chi connectivity index (χ1n) is 6.85. The molecule has 2 unspecified atom stereocenters. The number of benzene rings is 1. The van der Waals surface area contributed by atoms with Crippen molar-refractivity contribution in [3.05, 3.63) is 35.9 Å². The Morgan fingerprint density at radius 2 is 2.00 bits per heavy atom. The minimum Gasteiger partial charge on any atom is -0.311 e. The molecule has 1 nitrogen and oxygen atoms in total. The Balaban J connectivity index is 1.80. The van der Waals surface area contributed by atoms with Gasteiger partial charge in [0, 0.05) is 12.1 Å². The zero-order valence-electron chi connectivity index (χ0n) is 11.4. The van der Waals surface area contributed by atoms with Crippen LogP contribution in [0.3, 0.4) is 0 Å². The van der Waals surface area contributed by atoms with E-state index in [1.165, 1.54) is 24.8 Å². The van der Waals surface area contributed by atoms with Gasteiger partial charge in [0.2, 0.25) is 0 Å². The van der Waals surface area contributed by atoms with Crippen LogP contribution in [0.4, 0.5) is 0 Å². The molecule has 0 bridgehead atoms. The molecule has 1 heteroatoms. The van der Waals surface area contributed by atoms with E-state index >= 15 is 0 Å². The van der Waals surface area contributed by atoms with Gasteiger partial charge in [-0.05, 0) is 43.6 Å². The standard InChI is InChI=1S/C16H25N/c1-13(11-14-7-5-4-6-8-14)17-15-9-10-16(2,3)12-15/h4-8,13,15,17H,9-12H2,1-3H3. The lowest BCUT2D eigenvalue weighted by Gasteiger charge is -2.21. The highest BCUT2D eigenvalue weighted by atomic mass is 15.0. The Morgan fingerprint density at radius 3 is 2.59 bits per heavy atom. The summed E-state index contributed by atoms with van der Waals surface area (Å²) in [6.45, 7) is 7.07. The maximum absolute atomic E-state index is 3.78. The second-order valence-electron chi connectivity index (χ2n) is 6.36. The topological polar surface area (TPSA) is 12.0 Å². The molecule has 0 aromatic heterocycles. The lowest BCUT2D eigenvalue weighted by atomic mass is 9.91. The Kier molecular flexibility index (Phi) is 3.88. The molecule has 0 aliphatic heterocycles. The second kappa shape index (κ2) is 5.22. The number of rotatable bonds is 4. The summed E-state index contributed by atoms with van der Waals surface area (Å²) in [6.07, 6.45) is 5.17. The molecule has 1 saturated carbocycles. The van der Waals surface area contributed by atoms with E-state index in [-0.39, 0.29) is 0 Å². The molecule has 0 spiro atoms. The highest BCUT2D eigenvalue weighted by Crippen LogP contribution is 2.37. The SMILES string of the molecule is CC(Cc1ccccc1)NC1CCC(C)(C)C1. The normalized spacial score (nSPS) is 24.8. The van der Waals surface area contributed by atoms with Crippen molar-refractivity contribution in [3.63, 3.8) is 0 Å². The Morgan fingerprint density at radius 1 is 1.29 bits per heavy atom. The fourth-order valence-corrected chi connectivity index (χ4v) is 3.01. The Labute approximate surface area is 106 Å². The van der Waals surface area contributed by atoms with E-state index in [1.807, 2.05) is 0 Å². The molecule has 1 N–H and O–H groups in total. The Hall–Kier alpha value is -0.820. The van der Waals surface area contributed by atoms with Crippen LogP contribution in [-0.2, 0) is 6.42 Å². The summed E-state index contributed by atoms with van der Waals surface area (Å²) in [5.74, 6) is 0. The van der Waals surface area contributed by atoms with E-state index in [2.05, 4.69) is 56.4 Å². The van der Waals surface area contributed by atoms with Crippen LogP contribution in [0.1, 0.15) is 45.6 Å². The largest absolute Gasteiger partial charge is 0.311 e. The molecule has 1 aliphatic carbocycles. The average Bonchev–Trinajstić information content (AvgIpc) is 2.59. The molecule has 0 amide bonds. The predicted octanol–water partition coefficient (Wildman–Crippen LogP) is 3.79. The van der Waals surface area contributed by atoms with Crippen molar-refractivity contribution < 1.29 is 0 Å². The van der Waals surface area contributed by atoms with Crippen LogP contribution in [-0.4, -0.2) is 12.1 Å². The van der Waals surface area contributed by atoms with Crippen molar-refractivity contribution in [1.29, 1.82) is 0 Å². The first kappa shape index (κ1) is 12.6. The summed E-state index contributed by atoms with van der Waals surface area (Å²) in [5.41, 5.74) is 1.98. The van der Waals surface area contributed by atoms with Gasteiger partial charge in [-0.3, -0.25) is 0 Å². The van der Waals surface area contributed by atoms with Gasteiger partial charge in [-0.2, -0.15) is 0 Å². The minimum atomic E-state index is 0.546. The fourth-order valence-electron chi connectivity index (χ4n) is 3.01. The van der Waals surface area contributed by atoms with Gasteiger partial charge < -0.3 is 5.32 Å². The van der Waals surface area contributed by atoms with Gasteiger partial charge in [-0.25, -0.2) is 0 Å². The highest BCUT2D eigenvalue weighted by Gasteiger charge is 2.31. The van der Waals surface area contributed by atoms with Crippen molar-refractivity contribution in [2.24, 2.45) is 5.41 Å². The first-order chi connectivity index (χ1) is 8.05. The first-order valence-corrected chi connectivity index (χ1v) is 6.85. The van der Waals surface area contributed by atoms with E-state index in [4.69, 9.17) is 0 Å². The molecule has 0 saturated heterocycles. The maximum Gasteiger partial charge on any atom is 0.00817 e. The molecule has 1 aromatic rings. The third-order valence-corrected chi connectivity index (χ3v) is 3.87. The molecule has 0 heterocycles. The molecule has 0 radical (unpaired) electrons. The maximum atomic E-state index is 3.78. The van der Waals surface area contributed by atoms with Gasteiger partial charge in [-0.1, -0.05) is 44.2 Å². The fraction of sp³-hybridized carbons (Fsp3) is 0.625. The number of hydrogen-bond acceptors (Lipinski definition) is 1. The summed E-state index contributed by atoms with van der Waals surface area (Å²) in [7, 11) is 0. The van der Waals surface area contributed by atoms with Crippen molar-refractivity contribution in [2.75, 3.05) is 0 Å². The van der Waals surface area contributed by atoms with Crippen molar-refractivity contribution >= 4 is 0 Å². The Bertz CT molecular complexity index is 342. The average molecular weight is 231 g/mol. The summed E-state index contributed by atoms with van der Waals surface area (Å²) in [4.78, 5) is 0. The van der Waals surface area contributed by atoms with Gasteiger partial charge in [0.25, 0.3) is 0 Å². The summed E-state index contributed by atoms with van der Waals surface area (Å²) < 4.78 is 0. The van der Waals surface area contributed by atoms with E-state index in [0.29, 0.717) is 11.5 Å². The van der Waals surface area contributed by atoms with Crippen molar-refractivity contribution in [2.45, 2.75) is 58.5 Å². The molecule has 2 atom stereocenters. The van der Waals surface area contributed by atoms with Crippen molar-refractivity contribution in [1.82, 2.24) is 5.32 Å². The van der Waals surface area contributed by atoms with Crippen LogP contribution in [0.2, 0.25) is 0 Å². The van der Waals surface area contributed by atoms with Crippen LogP contribution in [0.15, 0.2) is 30.3 Å². The minimum absolute atomic E-state index is 0.546. The van der Waals surface area contributed by atoms with Crippen molar-refractivity contribution in [3.8, 4) is 0 Å². The van der Waals surface area contributed by atoms with E-state index < -0.39 is 0 Å². The van der Waals surface area contributed by atoms with E-state index in [9.17, 15) is 0 Å². The molecule has 2 rings (SSSR count). The number of nitrogens with one attached hydrogen (secondary N) is 1. The zero-order chi connectivity index (χ0) is 12.3. The third kappa shape index (κ3) is 3.85. The van der Waals surface area contributed by atoms with Gasteiger partial charge in [0.05, 0.1) is 0 Å². The van der Waals surface area contributed by atoms with Crippen LogP contribution < -0.4 is 5.32 Å². The monoisotopic (exact) mass is 231 g/mol. The predicted molar refractivity (Wildman–Crippen MR) is 74.2 cm³/mol. The van der Waals surface area contributed by atoms with Crippen LogP contribution in [0.5, 0.6) is 0 Å². The highest BCUT2D eigenvalue weighted by molar-refractivity contribution is 5.15. The van der Waals surface area contributed by atoms with E-state index in [1.54, 1.807) is 0 Å². The number of hydrogen-bond donors (Lipinski definition) is 1. The lowest BCUT2D eigenvalue weighted by molar-refractivity contribution is 0.354. The van der Waals surface area contributed by atoms with Crippen LogP contribution >= 0.6 is 0 Å². The molecule has 1 aromatic carbocycles. The molecular weight excluding hydrogens is 206 g/mol. The summed E-state index contributed by atoms with van der Waals surface area (Å²) in [5, 5.41) is 3.78. The smallest absolute Gasteiger partial charge is 0.00817 e. The molecule has 1 aliphatic rings. The second-order valence-corrected chi connectivity index (χ2v) is 6.36. The van der Waals surface area contributed by atoms with Gasteiger partial charge in [-0.15, -0.1) is 0 Å². The quantitative estimate of drug-likeness (QED) is 0.831. The van der Waals surface area contributed by atoms with E-state index in [0.717, 1.165) is 12.5 Å². The molecular formula is C16H25N. The molecule has 94 valence electrons. The van der Waals surface area contributed by atoms with Gasteiger partial charge >= 0.3 is 0 Å². The summed E-state index contributed by atoms with van der Waals surface area (Å²) in [6, 6.07) is 12.1. The zero-order valence-corrected chi connectivity index (χ0v) is 11.4. The van der Waals surface area contributed by atoms with Crippen LogP contribution in [0.25, 0.3) is 0 Å². The van der Waals surface area contributed by atoms with Gasteiger partial charge in [0.1, 0.15) is 0 Å². The summed E-state index contributed by atoms with van der Waals surface area (Å²) >= 11 is 0. The molecule has 1 fully saturated rings. The molecule has 17 heavy (non-hydrogen) atoms. The lowest BCUT2D eigenvalue weighted by Crippen LogP contribution is -2.36. The van der Waals surface area contributed by atoms with Gasteiger partial charge in [0.15, 0.2) is 0 Å². The third-order valence-electron chi connectivity index (χ3n) is 3.87. The van der Waals surface area contributed by atoms with Crippen LogP contribution in [0, 0.1) is 5.41 Å².